The Balaban J connectivity index is 2.22. The van der Waals surface area contributed by atoms with Crippen molar-refractivity contribution in [2.45, 2.75) is 52.4 Å². The lowest BCUT2D eigenvalue weighted by Crippen LogP contribution is -2.26. The molecule has 2 aromatic carbocycles. The zero-order valence-corrected chi connectivity index (χ0v) is 18.8. The van der Waals surface area contributed by atoms with Gasteiger partial charge < -0.3 is 5.11 Å². The van der Waals surface area contributed by atoms with Gasteiger partial charge in [-0.3, -0.25) is 0 Å². The molecule has 0 spiro atoms. The molecule has 0 fully saturated rings. The Morgan fingerprint density at radius 3 is 2.17 bits per heavy atom. The second-order valence-electron chi connectivity index (χ2n) is 7.96. The summed E-state index contributed by atoms with van der Waals surface area (Å²) in [6.45, 7) is 8.10. The Labute approximate surface area is 180 Å². The number of phenols is 1. The number of allylic oxidation sites excluding steroid dienone is 1. The fraction of sp³-hybridized carbons (Fsp3) is 0.375. The number of aryl methyl sites for hydroxylation is 1. The molecule has 5 nitrogen and oxygen atoms in total. The molecule has 30 heavy (non-hydrogen) atoms. The summed E-state index contributed by atoms with van der Waals surface area (Å²) in [6.07, 6.45) is 2.76. The van der Waals surface area contributed by atoms with Gasteiger partial charge in [0, 0.05) is 6.54 Å². The van der Waals surface area contributed by atoms with Gasteiger partial charge in [-0.1, -0.05) is 58.0 Å². The number of aromatic hydroxyl groups is 1. The van der Waals surface area contributed by atoms with Crippen LogP contribution >= 0.6 is 0 Å². The zero-order valence-electron chi connectivity index (χ0n) is 18.0. The van der Waals surface area contributed by atoms with E-state index in [0.717, 1.165) is 23.1 Å². The van der Waals surface area contributed by atoms with Crippen LogP contribution in [0.3, 0.4) is 0 Å². The van der Waals surface area contributed by atoms with Crippen molar-refractivity contribution >= 4 is 16.1 Å². The number of nitrogens with zero attached hydrogens (tertiary/aromatic N) is 1. The normalized spacial score (nSPS) is 12.4. The highest BCUT2D eigenvalue weighted by atomic mass is 32.2. The summed E-state index contributed by atoms with van der Waals surface area (Å²) < 4.78 is 27.8. The molecule has 0 unspecified atom stereocenters. The van der Waals surface area contributed by atoms with Crippen LogP contribution in [0.15, 0.2) is 47.4 Å². The van der Waals surface area contributed by atoms with Crippen LogP contribution in [0.5, 0.6) is 5.75 Å². The standard InChI is InChI=1S/C24H30N2O3S/c1-17(2)22-14-20(15-23(18(3)4)24(22)27)13-21(16-25)30(28,29)26-12-8-11-19-9-6-5-7-10-19/h5-7,9-10,13-15,17-18,26-27H,8,11-12H2,1-4H3. The van der Waals surface area contributed by atoms with Gasteiger partial charge >= 0.3 is 0 Å². The second kappa shape index (κ2) is 10.4. The zero-order chi connectivity index (χ0) is 22.3. The van der Waals surface area contributed by atoms with E-state index in [1.54, 1.807) is 12.1 Å². The number of hydrogen-bond acceptors (Lipinski definition) is 4. The van der Waals surface area contributed by atoms with Gasteiger partial charge in [-0.2, -0.15) is 5.26 Å². The highest BCUT2D eigenvalue weighted by Gasteiger charge is 2.19. The SMILES string of the molecule is CC(C)c1cc(C=C(C#N)S(=O)(=O)NCCCc2ccccc2)cc(C(C)C)c1O. The van der Waals surface area contributed by atoms with E-state index >= 15 is 0 Å². The third-order valence-electron chi connectivity index (χ3n) is 4.91. The van der Waals surface area contributed by atoms with Crippen LogP contribution < -0.4 is 4.72 Å². The molecule has 0 aliphatic heterocycles. The molecule has 2 N–H and O–H groups in total. The first-order valence-electron chi connectivity index (χ1n) is 10.2. The molecular weight excluding hydrogens is 396 g/mol. The van der Waals surface area contributed by atoms with E-state index < -0.39 is 10.0 Å². The maximum Gasteiger partial charge on any atom is 0.250 e. The summed E-state index contributed by atoms with van der Waals surface area (Å²) >= 11 is 0. The summed E-state index contributed by atoms with van der Waals surface area (Å²) in [5.74, 6) is 0.362. The predicted octanol–water partition coefficient (Wildman–Crippen LogP) is 5.06. The molecular formula is C24H30N2O3S. The summed E-state index contributed by atoms with van der Waals surface area (Å²) in [6, 6.07) is 15.1. The van der Waals surface area contributed by atoms with E-state index in [4.69, 9.17) is 0 Å². The quantitative estimate of drug-likeness (QED) is 0.433. The van der Waals surface area contributed by atoms with Crippen LogP contribution in [0.1, 0.15) is 68.2 Å². The minimum absolute atomic E-state index is 0.0640. The van der Waals surface area contributed by atoms with Gasteiger partial charge in [0.2, 0.25) is 0 Å². The van der Waals surface area contributed by atoms with Gasteiger partial charge in [0.05, 0.1) is 0 Å². The Bertz CT molecular complexity index is 1000. The summed E-state index contributed by atoms with van der Waals surface area (Å²) in [5.41, 5.74) is 3.20. The van der Waals surface area contributed by atoms with Gasteiger partial charge in [0.15, 0.2) is 4.91 Å². The first-order valence-corrected chi connectivity index (χ1v) is 11.7. The van der Waals surface area contributed by atoms with Crippen molar-refractivity contribution in [1.82, 2.24) is 4.72 Å². The van der Waals surface area contributed by atoms with Crippen molar-refractivity contribution in [3.05, 3.63) is 69.6 Å². The maximum absolute atomic E-state index is 12.6. The largest absolute Gasteiger partial charge is 0.507 e. The third kappa shape index (κ3) is 6.19. The Morgan fingerprint density at radius 1 is 1.10 bits per heavy atom. The molecule has 0 saturated carbocycles. The molecule has 0 aliphatic carbocycles. The van der Waals surface area contributed by atoms with Gasteiger partial charge in [0.1, 0.15) is 11.8 Å². The number of nitriles is 1. The van der Waals surface area contributed by atoms with E-state index in [9.17, 15) is 18.8 Å². The maximum atomic E-state index is 12.6. The Hall–Kier alpha value is -2.62. The van der Waals surface area contributed by atoms with Crippen molar-refractivity contribution in [3.63, 3.8) is 0 Å². The summed E-state index contributed by atoms with van der Waals surface area (Å²) in [5, 5.41) is 20.0. The molecule has 0 heterocycles. The monoisotopic (exact) mass is 426 g/mol. The molecule has 0 amide bonds. The highest BCUT2D eigenvalue weighted by molar-refractivity contribution is 7.93. The first kappa shape index (κ1) is 23.7. The average molecular weight is 427 g/mol. The molecule has 6 heteroatoms. The number of nitrogens with one attached hydrogen (secondary N) is 1. The number of phenolic OH excluding ortho intramolecular Hbond substituents is 1. The van der Waals surface area contributed by atoms with Gasteiger partial charge in [-0.15, -0.1) is 0 Å². The fourth-order valence-corrected chi connectivity index (χ4v) is 4.19. The van der Waals surface area contributed by atoms with E-state index in [1.807, 2.05) is 64.1 Å². The molecule has 0 aromatic heterocycles. The molecule has 0 bridgehead atoms. The van der Waals surface area contributed by atoms with Crippen LogP contribution in [-0.2, 0) is 16.4 Å². The smallest absolute Gasteiger partial charge is 0.250 e. The van der Waals surface area contributed by atoms with E-state index in [0.29, 0.717) is 12.0 Å². The van der Waals surface area contributed by atoms with Gasteiger partial charge in [-0.05, 0) is 65.1 Å². The number of benzene rings is 2. The van der Waals surface area contributed by atoms with Crippen LogP contribution in [-0.4, -0.2) is 20.1 Å². The van der Waals surface area contributed by atoms with Crippen molar-refractivity contribution in [2.24, 2.45) is 0 Å². The molecule has 160 valence electrons. The van der Waals surface area contributed by atoms with E-state index in [-0.39, 0.29) is 29.0 Å². The number of hydrogen-bond donors (Lipinski definition) is 2. The molecule has 0 aliphatic rings. The molecule has 0 atom stereocenters. The van der Waals surface area contributed by atoms with Crippen molar-refractivity contribution < 1.29 is 13.5 Å². The van der Waals surface area contributed by atoms with E-state index in [1.165, 1.54) is 6.08 Å². The van der Waals surface area contributed by atoms with Gasteiger partial charge in [-0.25, -0.2) is 13.1 Å². The summed E-state index contributed by atoms with van der Waals surface area (Å²) in [7, 11) is -3.91. The van der Waals surface area contributed by atoms with Crippen LogP contribution in [0.2, 0.25) is 0 Å². The van der Waals surface area contributed by atoms with Crippen LogP contribution in [0, 0.1) is 11.3 Å². The lowest BCUT2D eigenvalue weighted by atomic mass is 9.91. The molecule has 2 rings (SSSR count). The third-order valence-corrected chi connectivity index (χ3v) is 6.28. The lowest BCUT2D eigenvalue weighted by Gasteiger charge is -2.16. The highest BCUT2D eigenvalue weighted by Crippen LogP contribution is 2.35. The first-order chi connectivity index (χ1) is 14.2. The van der Waals surface area contributed by atoms with Crippen molar-refractivity contribution in [2.75, 3.05) is 6.54 Å². The molecule has 0 radical (unpaired) electrons. The lowest BCUT2D eigenvalue weighted by molar-refractivity contribution is 0.454. The minimum Gasteiger partial charge on any atom is -0.507 e. The topological polar surface area (TPSA) is 90.2 Å². The molecule has 0 saturated heterocycles. The van der Waals surface area contributed by atoms with Crippen LogP contribution in [0.25, 0.3) is 6.08 Å². The van der Waals surface area contributed by atoms with Gasteiger partial charge in [0.25, 0.3) is 10.0 Å². The predicted molar refractivity (Wildman–Crippen MR) is 122 cm³/mol. The van der Waals surface area contributed by atoms with Crippen molar-refractivity contribution in [3.8, 4) is 11.8 Å². The Kier molecular flexibility index (Phi) is 8.22. The van der Waals surface area contributed by atoms with Crippen molar-refractivity contribution in [1.29, 1.82) is 5.26 Å². The minimum atomic E-state index is -3.91. The van der Waals surface area contributed by atoms with E-state index in [2.05, 4.69) is 4.72 Å². The number of rotatable bonds is 9. The molecule has 2 aromatic rings. The van der Waals surface area contributed by atoms with Crippen LogP contribution in [0.4, 0.5) is 0 Å². The second-order valence-corrected chi connectivity index (χ2v) is 9.70. The Morgan fingerprint density at radius 2 is 1.67 bits per heavy atom. The summed E-state index contributed by atoms with van der Waals surface area (Å²) in [4.78, 5) is -0.336. The number of sulfonamides is 1. The average Bonchev–Trinajstić information content (AvgIpc) is 2.70. The fourth-order valence-electron chi connectivity index (χ4n) is 3.21.